The van der Waals surface area contributed by atoms with E-state index in [0.717, 1.165) is 36.9 Å². The molecule has 21 heavy (non-hydrogen) atoms. The van der Waals surface area contributed by atoms with Crippen LogP contribution in [0.5, 0.6) is 0 Å². The second-order valence-electron chi connectivity index (χ2n) is 5.06. The van der Waals surface area contributed by atoms with Crippen molar-refractivity contribution < 1.29 is 4.52 Å². The molecule has 2 aromatic heterocycles. The second kappa shape index (κ2) is 6.99. The minimum absolute atomic E-state index is 0.590. The number of thioether (sulfide) groups is 1. The molecule has 0 spiro atoms. The molecule has 0 radical (unpaired) electrons. The van der Waals surface area contributed by atoms with Crippen LogP contribution in [0.15, 0.2) is 9.68 Å². The van der Waals surface area contributed by atoms with Crippen molar-refractivity contribution in [3.63, 3.8) is 0 Å². The van der Waals surface area contributed by atoms with Gasteiger partial charge in [0.2, 0.25) is 11.0 Å². The van der Waals surface area contributed by atoms with Gasteiger partial charge < -0.3 is 9.84 Å². The summed E-state index contributed by atoms with van der Waals surface area (Å²) in [5.74, 6) is 1.98. The van der Waals surface area contributed by atoms with Crippen LogP contribution >= 0.6 is 11.8 Å². The fourth-order valence-corrected chi connectivity index (χ4v) is 2.64. The molecule has 114 valence electrons. The molecule has 0 unspecified atom stereocenters. The fraction of sp³-hybridized carbons (Fsp3) is 0.750. The summed E-state index contributed by atoms with van der Waals surface area (Å²) >= 11 is 1.52. The van der Waals surface area contributed by atoms with Gasteiger partial charge in [-0.25, -0.2) is 4.68 Å². The van der Waals surface area contributed by atoms with Gasteiger partial charge in [-0.15, -0.1) is 5.10 Å². The topological polar surface area (TPSA) is 94.5 Å². The lowest BCUT2D eigenvalue weighted by atomic mass is 10.3. The van der Waals surface area contributed by atoms with Crippen LogP contribution in [0.2, 0.25) is 0 Å². The smallest absolute Gasteiger partial charge is 0.237 e. The van der Waals surface area contributed by atoms with Crippen molar-refractivity contribution in [3.05, 3.63) is 11.7 Å². The van der Waals surface area contributed by atoms with E-state index in [0.29, 0.717) is 17.7 Å². The van der Waals surface area contributed by atoms with Crippen LogP contribution in [0.3, 0.4) is 0 Å². The third-order valence-corrected chi connectivity index (χ3v) is 4.08. The standard InChI is InChI=1S/C12H19N7OS/c1-2-3-10-14-11(20-16-10)8-21-12-15-17-18-19(12)7-6-13-9-4-5-9/h9,13H,2-8H2,1H3. The fourth-order valence-electron chi connectivity index (χ4n) is 1.90. The van der Waals surface area contributed by atoms with Crippen LogP contribution in [0, 0.1) is 0 Å². The number of aryl methyl sites for hydroxylation is 1. The Morgan fingerprint density at radius 1 is 1.43 bits per heavy atom. The Morgan fingerprint density at radius 2 is 2.33 bits per heavy atom. The largest absolute Gasteiger partial charge is 0.338 e. The summed E-state index contributed by atoms with van der Waals surface area (Å²) in [6.07, 6.45) is 4.43. The van der Waals surface area contributed by atoms with Gasteiger partial charge in [-0.3, -0.25) is 0 Å². The molecule has 8 nitrogen and oxygen atoms in total. The van der Waals surface area contributed by atoms with Crippen LogP contribution in [0.1, 0.15) is 37.9 Å². The lowest BCUT2D eigenvalue weighted by molar-refractivity contribution is 0.384. The van der Waals surface area contributed by atoms with Crippen molar-refractivity contribution >= 4 is 11.8 Å². The van der Waals surface area contributed by atoms with E-state index >= 15 is 0 Å². The number of hydrogen-bond acceptors (Lipinski definition) is 8. The number of hydrogen-bond donors (Lipinski definition) is 1. The van der Waals surface area contributed by atoms with E-state index in [1.165, 1.54) is 24.6 Å². The number of tetrazole rings is 1. The summed E-state index contributed by atoms with van der Waals surface area (Å²) < 4.78 is 7.01. The first kappa shape index (κ1) is 14.5. The molecule has 0 atom stereocenters. The summed E-state index contributed by atoms with van der Waals surface area (Å²) in [6.45, 7) is 3.76. The van der Waals surface area contributed by atoms with E-state index in [9.17, 15) is 0 Å². The lowest BCUT2D eigenvalue weighted by Crippen LogP contribution is -2.22. The summed E-state index contributed by atoms with van der Waals surface area (Å²) in [4.78, 5) is 4.33. The average Bonchev–Trinajstić information content (AvgIpc) is 3.01. The Kier molecular flexibility index (Phi) is 4.81. The van der Waals surface area contributed by atoms with Gasteiger partial charge >= 0.3 is 0 Å². The average molecular weight is 309 g/mol. The zero-order valence-corrected chi connectivity index (χ0v) is 12.8. The van der Waals surface area contributed by atoms with E-state index < -0.39 is 0 Å². The Morgan fingerprint density at radius 3 is 3.14 bits per heavy atom. The molecule has 9 heteroatoms. The molecule has 0 bridgehead atoms. The van der Waals surface area contributed by atoms with Crippen LogP contribution in [0.25, 0.3) is 0 Å². The van der Waals surface area contributed by atoms with E-state index in [-0.39, 0.29) is 0 Å². The molecule has 3 rings (SSSR count). The number of nitrogens with zero attached hydrogens (tertiary/aromatic N) is 6. The van der Waals surface area contributed by atoms with Crippen molar-refractivity contribution in [2.24, 2.45) is 0 Å². The highest BCUT2D eigenvalue weighted by atomic mass is 32.2. The highest BCUT2D eigenvalue weighted by Gasteiger charge is 2.20. The van der Waals surface area contributed by atoms with Gasteiger partial charge in [-0.1, -0.05) is 23.8 Å². The van der Waals surface area contributed by atoms with E-state index in [1.54, 1.807) is 0 Å². The minimum Gasteiger partial charge on any atom is -0.338 e. The molecule has 1 N–H and O–H groups in total. The number of aromatic nitrogens is 6. The summed E-state index contributed by atoms with van der Waals surface area (Å²) in [7, 11) is 0. The van der Waals surface area contributed by atoms with Crippen molar-refractivity contribution in [2.45, 2.75) is 56.1 Å². The molecular weight excluding hydrogens is 290 g/mol. The minimum atomic E-state index is 0.590. The molecule has 1 saturated carbocycles. The first-order valence-electron chi connectivity index (χ1n) is 7.29. The summed E-state index contributed by atoms with van der Waals surface area (Å²) in [6, 6.07) is 0.702. The van der Waals surface area contributed by atoms with Crippen molar-refractivity contribution in [3.8, 4) is 0 Å². The Bertz CT molecular complexity index is 565. The normalized spacial score (nSPS) is 14.7. The van der Waals surface area contributed by atoms with Gasteiger partial charge in [0.15, 0.2) is 5.82 Å². The molecule has 1 fully saturated rings. The quantitative estimate of drug-likeness (QED) is 0.687. The Labute approximate surface area is 127 Å². The molecule has 0 aliphatic heterocycles. The third-order valence-electron chi connectivity index (χ3n) is 3.14. The molecule has 2 aromatic rings. The predicted molar refractivity (Wildman–Crippen MR) is 76.7 cm³/mol. The maximum Gasteiger partial charge on any atom is 0.237 e. The van der Waals surface area contributed by atoms with Crippen molar-refractivity contribution in [2.75, 3.05) is 6.54 Å². The monoisotopic (exact) mass is 309 g/mol. The third kappa shape index (κ3) is 4.24. The van der Waals surface area contributed by atoms with E-state index in [1.807, 2.05) is 4.68 Å². The first-order chi connectivity index (χ1) is 10.3. The molecule has 1 aliphatic carbocycles. The van der Waals surface area contributed by atoms with Gasteiger partial charge in [0.25, 0.3) is 0 Å². The van der Waals surface area contributed by atoms with Crippen LogP contribution < -0.4 is 5.32 Å². The SMILES string of the molecule is CCCc1noc(CSc2nnnn2CCNC2CC2)n1. The van der Waals surface area contributed by atoms with Gasteiger partial charge in [-0.2, -0.15) is 4.98 Å². The molecule has 0 saturated heterocycles. The maximum atomic E-state index is 5.20. The number of nitrogens with one attached hydrogen (secondary N) is 1. The first-order valence-corrected chi connectivity index (χ1v) is 8.27. The van der Waals surface area contributed by atoms with Crippen LogP contribution in [-0.4, -0.2) is 42.9 Å². The van der Waals surface area contributed by atoms with E-state index in [2.05, 4.69) is 37.9 Å². The summed E-state index contributed by atoms with van der Waals surface area (Å²) in [5.41, 5.74) is 0. The Balaban J connectivity index is 1.48. The van der Waals surface area contributed by atoms with Crippen LogP contribution in [-0.2, 0) is 18.7 Å². The highest BCUT2D eigenvalue weighted by molar-refractivity contribution is 7.98. The van der Waals surface area contributed by atoms with Gasteiger partial charge in [0.1, 0.15) is 0 Å². The van der Waals surface area contributed by atoms with Gasteiger partial charge in [0, 0.05) is 19.0 Å². The second-order valence-corrected chi connectivity index (χ2v) is 6.00. The summed E-state index contributed by atoms with van der Waals surface area (Å²) in [5, 5.41) is 19.9. The highest BCUT2D eigenvalue weighted by Crippen LogP contribution is 2.20. The van der Waals surface area contributed by atoms with Crippen LogP contribution in [0.4, 0.5) is 0 Å². The number of rotatable bonds is 9. The van der Waals surface area contributed by atoms with Crippen molar-refractivity contribution in [1.82, 2.24) is 35.7 Å². The zero-order valence-electron chi connectivity index (χ0n) is 12.0. The lowest BCUT2D eigenvalue weighted by Gasteiger charge is -2.04. The molecule has 0 aromatic carbocycles. The molecule has 1 aliphatic rings. The van der Waals surface area contributed by atoms with E-state index in [4.69, 9.17) is 4.52 Å². The maximum absolute atomic E-state index is 5.20. The van der Waals surface area contributed by atoms with Gasteiger partial charge in [-0.05, 0) is 29.7 Å². The zero-order chi connectivity index (χ0) is 14.5. The molecule has 0 amide bonds. The van der Waals surface area contributed by atoms with Gasteiger partial charge in [0.05, 0.1) is 12.3 Å². The Hall–Kier alpha value is -1.48. The van der Waals surface area contributed by atoms with Crippen molar-refractivity contribution in [1.29, 1.82) is 0 Å². The molecular formula is C12H19N7OS. The molecule has 2 heterocycles. The predicted octanol–water partition coefficient (Wildman–Crippen LogP) is 1.05.